The first-order chi connectivity index (χ1) is 7.30. The summed E-state index contributed by atoms with van der Waals surface area (Å²) in [5.74, 6) is -0.983. The van der Waals surface area contributed by atoms with Crippen LogP contribution in [0.25, 0.3) is 0 Å². The Hall–Kier alpha value is -0.900. The van der Waals surface area contributed by atoms with Gasteiger partial charge in [0.05, 0.1) is 5.75 Å². The number of halogens is 2. The van der Waals surface area contributed by atoms with E-state index in [4.69, 9.17) is 0 Å². The van der Waals surface area contributed by atoms with Crippen molar-refractivity contribution in [3.05, 3.63) is 29.8 Å². The Bertz CT molecular complexity index is 396. The van der Waals surface area contributed by atoms with Crippen molar-refractivity contribution in [3.63, 3.8) is 0 Å². The van der Waals surface area contributed by atoms with Crippen LogP contribution in [0.2, 0.25) is 0 Å². The first kappa shape index (κ1) is 13.2. The summed E-state index contributed by atoms with van der Waals surface area (Å²) in [6.45, 7) is 5.45. The van der Waals surface area contributed by atoms with Gasteiger partial charge in [0.1, 0.15) is 17.4 Å². The van der Waals surface area contributed by atoms with E-state index in [0.29, 0.717) is 4.90 Å². The fourth-order valence-electron chi connectivity index (χ4n) is 0.952. The van der Waals surface area contributed by atoms with Crippen molar-refractivity contribution in [1.29, 1.82) is 0 Å². The Balaban J connectivity index is 2.65. The van der Waals surface area contributed by atoms with E-state index in [1.54, 1.807) is 0 Å². The number of carbonyl (C=O) groups is 1. The van der Waals surface area contributed by atoms with Crippen molar-refractivity contribution < 1.29 is 13.6 Å². The molecule has 0 spiro atoms. The van der Waals surface area contributed by atoms with Gasteiger partial charge >= 0.3 is 0 Å². The molecule has 0 aliphatic carbocycles. The van der Waals surface area contributed by atoms with Crippen molar-refractivity contribution in [2.45, 2.75) is 25.7 Å². The van der Waals surface area contributed by atoms with Gasteiger partial charge in [-0.2, -0.15) is 0 Å². The van der Waals surface area contributed by atoms with Crippen LogP contribution in [0.5, 0.6) is 0 Å². The Labute approximate surface area is 98.2 Å². The lowest BCUT2D eigenvalue weighted by Crippen LogP contribution is -2.22. The summed E-state index contributed by atoms with van der Waals surface area (Å²) < 4.78 is 25.8. The molecule has 0 aliphatic rings. The van der Waals surface area contributed by atoms with Gasteiger partial charge in [-0.05, 0) is 12.1 Å². The molecule has 0 saturated carbocycles. The summed E-state index contributed by atoms with van der Waals surface area (Å²) in [5, 5.41) is 0. The Morgan fingerprint density at radius 2 is 1.94 bits per heavy atom. The fourth-order valence-corrected chi connectivity index (χ4v) is 2.03. The molecule has 1 aromatic carbocycles. The molecule has 0 heterocycles. The van der Waals surface area contributed by atoms with Crippen LogP contribution in [-0.2, 0) is 4.79 Å². The summed E-state index contributed by atoms with van der Waals surface area (Å²) in [7, 11) is 0. The number of rotatable bonds is 3. The first-order valence-corrected chi connectivity index (χ1v) is 5.90. The Morgan fingerprint density at radius 3 is 2.44 bits per heavy atom. The summed E-state index contributed by atoms with van der Waals surface area (Å²) >= 11 is 1.10. The highest BCUT2D eigenvalue weighted by Gasteiger charge is 2.21. The van der Waals surface area contributed by atoms with Gasteiger partial charge in [-0.15, -0.1) is 11.8 Å². The van der Waals surface area contributed by atoms with E-state index in [0.717, 1.165) is 17.8 Å². The zero-order valence-electron chi connectivity index (χ0n) is 9.51. The normalized spacial score (nSPS) is 11.6. The van der Waals surface area contributed by atoms with Gasteiger partial charge in [-0.1, -0.05) is 20.8 Å². The van der Waals surface area contributed by atoms with Gasteiger partial charge in [0.15, 0.2) is 0 Å². The third-order valence-corrected chi connectivity index (χ3v) is 3.14. The number of carbonyl (C=O) groups excluding carboxylic acids is 1. The van der Waals surface area contributed by atoms with Crippen LogP contribution in [0.4, 0.5) is 8.78 Å². The van der Waals surface area contributed by atoms with Crippen molar-refractivity contribution >= 4 is 17.5 Å². The molecule has 0 atom stereocenters. The van der Waals surface area contributed by atoms with E-state index in [-0.39, 0.29) is 11.5 Å². The van der Waals surface area contributed by atoms with Crippen LogP contribution in [0.15, 0.2) is 23.1 Å². The molecule has 0 amide bonds. The van der Waals surface area contributed by atoms with E-state index < -0.39 is 17.0 Å². The molecule has 88 valence electrons. The van der Waals surface area contributed by atoms with E-state index >= 15 is 0 Å². The molecule has 0 N–H and O–H groups in total. The minimum absolute atomic E-state index is 0.0428. The second kappa shape index (κ2) is 4.95. The minimum Gasteiger partial charge on any atom is -0.298 e. The topological polar surface area (TPSA) is 17.1 Å². The summed E-state index contributed by atoms with van der Waals surface area (Å²) in [5.41, 5.74) is -0.427. The molecular weight excluding hydrogens is 230 g/mol. The van der Waals surface area contributed by atoms with Gasteiger partial charge in [0, 0.05) is 16.4 Å². The number of hydrogen-bond acceptors (Lipinski definition) is 2. The largest absolute Gasteiger partial charge is 0.298 e. The van der Waals surface area contributed by atoms with Gasteiger partial charge in [0.25, 0.3) is 0 Å². The maximum atomic E-state index is 13.2. The average Bonchev–Trinajstić information content (AvgIpc) is 2.14. The summed E-state index contributed by atoms with van der Waals surface area (Å²) in [4.78, 5) is 11.9. The number of hydrogen-bond donors (Lipinski definition) is 0. The highest BCUT2D eigenvalue weighted by atomic mass is 32.2. The van der Waals surface area contributed by atoms with Crippen LogP contribution in [0.1, 0.15) is 20.8 Å². The standard InChI is InChI=1S/C12H14F2OS/c1-12(2,3)11(15)7-16-10-5-4-8(13)6-9(10)14/h4-6H,7H2,1-3H3. The third-order valence-electron chi connectivity index (χ3n) is 2.09. The maximum Gasteiger partial charge on any atom is 0.148 e. The summed E-state index contributed by atoms with van der Waals surface area (Å²) in [6.07, 6.45) is 0. The smallest absolute Gasteiger partial charge is 0.148 e. The molecule has 1 rings (SSSR count). The Morgan fingerprint density at radius 1 is 1.31 bits per heavy atom. The van der Waals surface area contributed by atoms with E-state index in [9.17, 15) is 13.6 Å². The molecular formula is C12H14F2OS. The van der Waals surface area contributed by atoms with Gasteiger partial charge < -0.3 is 0 Å². The van der Waals surface area contributed by atoms with Crippen LogP contribution in [-0.4, -0.2) is 11.5 Å². The SMILES string of the molecule is CC(C)(C)C(=O)CSc1ccc(F)cc1F. The predicted molar refractivity (Wildman–Crippen MR) is 61.5 cm³/mol. The highest BCUT2D eigenvalue weighted by Crippen LogP contribution is 2.25. The van der Waals surface area contributed by atoms with E-state index in [1.807, 2.05) is 20.8 Å². The number of ketones is 1. The zero-order chi connectivity index (χ0) is 12.3. The molecule has 0 bridgehead atoms. The van der Waals surface area contributed by atoms with Crippen molar-refractivity contribution in [2.24, 2.45) is 5.41 Å². The van der Waals surface area contributed by atoms with Crippen LogP contribution in [0, 0.1) is 17.0 Å². The molecule has 1 aromatic rings. The Kier molecular flexibility index (Phi) is 4.08. The van der Waals surface area contributed by atoms with Crippen LogP contribution in [0.3, 0.4) is 0 Å². The fraction of sp³-hybridized carbons (Fsp3) is 0.417. The van der Waals surface area contributed by atoms with Crippen molar-refractivity contribution in [3.8, 4) is 0 Å². The number of benzene rings is 1. The molecule has 0 aliphatic heterocycles. The molecule has 1 nitrogen and oxygen atoms in total. The van der Waals surface area contributed by atoms with Crippen LogP contribution < -0.4 is 0 Å². The molecule has 4 heteroatoms. The quantitative estimate of drug-likeness (QED) is 0.755. The second-order valence-corrected chi connectivity index (χ2v) is 5.55. The average molecular weight is 244 g/mol. The maximum absolute atomic E-state index is 13.2. The molecule has 0 unspecified atom stereocenters. The van der Waals surface area contributed by atoms with Crippen LogP contribution >= 0.6 is 11.8 Å². The van der Waals surface area contributed by atoms with Gasteiger partial charge in [-0.3, -0.25) is 4.79 Å². The molecule has 0 radical (unpaired) electrons. The lowest BCUT2D eigenvalue weighted by molar-refractivity contribution is -0.123. The minimum atomic E-state index is -0.619. The molecule has 0 aromatic heterocycles. The number of Topliss-reactive ketones (excluding diaryl/α,β-unsaturated/α-hetero) is 1. The van der Waals surface area contributed by atoms with Crippen molar-refractivity contribution in [2.75, 3.05) is 5.75 Å². The van der Waals surface area contributed by atoms with E-state index in [1.165, 1.54) is 12.1 Å². The van der Waals surface area contributed by atoms with Gasteiger partial charge in [0.2, 0.25) is 0 Å². The first-order valence-electron chi connectivity index (χ1n) is 4.92. The third kappa shape index (κ3) is 3.59. The molecule has 0 saturated heterocycles. The number of thioether (sulfide) groups is 1. The molecule has 0 fully saturated rings. The monoisotopic (exact) mass is 244 g/mol. The van der Waals surface area contributed by atoms with E-state index in [2.05, 4.69) is 0 Å². The molecule has 16 heavy (non-hydrogen) atoms. The van der Waals surface area contributed by atoms with Crippen molar-refractivity contribution in [1.82, 2.24) is 0 Å². The predicted octanol–water partition coefficient (Wildman–Crippen LogP) is 3.67. The highest BCUT2D eigenvalue weighted by molar-refractivity contribution is 8.00. The lowest BCUT2D eigenvalue weighted by atomic mass is 9.92. The lowest BCUT2D eigenvalue weighted by Gasteiger charge is -2.15. The van der Waals surface area contributed by atoms with Gasteiger partial charge in [-0.25, -0.2) is 8.78 Å². The zero-order valence-corrected chi connectivity index (χ0v) is 10.3. The summed E-state index contributed by atoms with van der Waals surface area (Å²) in [6, 6.07) is 3.36. The second-order valence-electron chi connectivity index (χ2n) is 4.54.